The molecule has 0 bridgehead atoms. The van der Waals surface area contributed by atoms with E-state index in [1.165, 1.54) is 0 Å². The molecule has 1 saturated heterocycles. The fraction of sp³-hybridized carbons (Fsp3) is 0.600. The molecule has 21 heavy (non-hydrogen) atoms. The third-order valence-corrected chi connectivity index (χ3v) is 2.75. The van der Waals surface area contributed by atoms with E-state index >= 15 is 0 Å². The number of urea groups is 1. The van der Waals surface area contributed by atoms with Crippen LogP contribution in [0, 0.1) is 0 Å². The van der Waals surface area contributed by atoms with Crippen LogP contribution in [0.25, 0.3) is 0 Å². The molecule has 1 aliphatic heterocycles. The summed E-state index contributed by atoms with van der Waals surface area (Å²) < 4.78 is 5.29. The molecule has 0 spiro atoms. The van der Waals surface area contributed by atoms with Crippen molar-refractivity contribution in [3.8, 4) is 0 Å². The molecule has 0 aromatic carbocycles. The van der Waals surface area contributed by atoms with E-state index in [0.29, 0.717) is 51.3 Å². The molecule has 0 unspecified atom stereocenters. The van der Waals surface area contributed by atoms with Gasteiger partial charge in [0.2, 0.25) is 17.8 Å². The van der Waals surface area contributed by atoms with Crippen molar-refractivity contribution in [3.63, 3.8) is 0 Å². The standard InChI is InChI=1S/C10H19N9O2/c11-7(20)13-1-2-14-8-15-9(18-12)17-10(16-8)19-3-5-21-6-4-19/h1-6,12H2,(H3,11,13,20)(H2,14,15,16,17,18). The van der Waals surface area contributed by atoms with Crippen molar-refractivity contribution in [1.29, 1.82) is 0 Å². The summed E-state index contributed by atoms with van der Waals surface area (Å²) in [5.41, 5.74) is 7.38. The highest BCUT2D eigenvalue weighted by molar-refractivity contribution is 5.71. The summed E-state index contributed by atoms with van der Waals surface area (Å²) >= 11 is 0. The van der Waals surface area contributed by atoms with Crippen LogP contribution in [0.2, 0.25) is 0 Å². The molecule has 1 fully saturated rings. The summed E-state index contributed by atoms with van der Waals surface area (Å²) in [4.78, 5) is 25.2. The number of nitrogens with two attached hydrogens (primary N) is 2. The highest BCUT2D eigenvalue weighted by atomic mass is 16.5. The van der Waals surface area contributed by atoms with Gasteiger partial charge < -0.3 is 26.0 Å². The van der Waals surface area contributed by atoms with E-state index in [4.69, 9.17) is 16.3 Å². The molecule has 2 rings (SSSR count). The van der Waals surface area contributed by atoms with Gasteiger partial charge in [0.1, 0.15) is 0 Å². The molecule has 2 heterocycles. The van der Waals surface area contributed by atoms with E-state index in [1.807, 2.05) is 4.90 Å². The fourth-order valence-electron chi connectivity index (χ4n) is 1.77. The molecule has 0 saturated carbocycles. The number of hydrogen-bond acceptors (Lipinski definition) is 9. The van der Waals surface area contributed by atoms with E-state index in [0.717, 1.165) is 0 Å². The summed E-state index contributed by atoms with van der Waals surface area (Å²) in [7, 11) is 0. The topological polar surface area (TPSA) is 156 Å². The van der Waals surface area contributed by atoms with Crippen molar-refractivity contribution in [1.82, 2.24) is 20.3 Å². The van der Waals surface area contributed by atoms with Crippen molar-refractivity contribution in [2.24, 2.45) is 11.6 Å². The van der Waals surface area contributed by atoms with Gasteiger partial charge in [-0.1, -0.05) is 0 Å². The van der Waals surface area contributed by atoms with Crippen molar-refractivity contribution in [2.75, 3.05) is 55.0 Å². The van der Waals surface area contributed by atoms with Crippen LogP contribution < -0.4 is 32.5 Å². The number of hydrazine groups is 1. The molecule has 0 radical (unpaired) electrons. The monoisotopic (exact) mass is 297 g/mol. The van der Waals surface area contributed by atoms with Crippen LogP contribution in [0.5, 0.6) is 0 Å². The van der Waals surface area contributed by atoms with Gasteiger partial charge >= 0.3 is 6.03 Å². The summed E-state index contributed by atoms with van der Waals surface area (Å²) in [6, 6.07) is -0.578. The lowest BCUT2D eigenvalue weighted by Gasteiger charge is -2.27. The molecular weight excluding hydrogens is 278 g/mol. The number of ether oxygens (including phenoxy) is 1. The van der Waals surface area contributed by atoms with Gasteiger partial charge in [0.15, 0.2) is 0 Å². The maximum absolute atomic E-state index is 10.6. The Bertz CT molecular complexity index is 478. The summed E-state index contributed by atoms with van der Waals surface area (Å²) in [5.74, 6) is 6.51. The number of aromatic nitrogens is 3. The number of hydrogen-bond donors (Lipinski definition) is 5. The summed E-state index contributed by atoms with van der Waals surface area (Å²) in [6.45, 7) is 3.46. The second kappa shape index (κ2) is 7.40. The predicted molar refractivity (Wildman–Crippen MR) is 76.7 cm³/mol. The number of rotatable bonds is 6. The van der Waals surface area contributed by atoms with Crippen LogP contribution in [0.3, 0.4) is 0 Å². The van der Waals surface area contributed by atoms with Crippen molar-refractivity contribution >= 4 is 23.9 Å². The van der Waals surface area contributed by atoms with Crippen LogP contribution in [0.4, 0.5) is 22.6 Å². The van der Waals surface area contributed by atoms with Gasteiger partial charge in [-0.05, 0) is 0 Å². The molecule has 1 aliphatic rings. The number of nitrogen functional groups attached to an aromatic ring is 1. The lowest BCUT2D eigenvalue weighted by atomic mass is 10.4. The Kier molecular flexibility index (Phi) is 5.29. The Morgan fingerprint density at radius 3 is 2.57 bits per heavy atom. The molecule has 0 aliphatic carbocycles. The zero-order valence-electron chi connectivity index (χ0n) is 11.5. The fourth-order valence-corrected chi connectivity index (χ4v) is 1.77. The quantitative estimate of drug-likeness (QED) is 0.229. The summed E-state index contributed by atoms with van der Waals surface area (Å²) in [6.07, 6.45) is 0. The molecule has 1 aromatic heterocycles. The molecule has 0 atom stereocenters. The number of carbonyl (C=O) groups is 1. The molecule has 11 nitrogen and oxygen atoms in total. The maximum Gasteiger partial charge on any atom is 0.312 e. The van der Waals surface area contributed by atoms with Gasteiger partial charge in [-0.3, -0.25) is 5.43 Å². The first kappa shape index (κ1) is 15.0. The number of primary amides is 1. The Labute approximate surface area is 121 Å². The second-order valence-electron chi connectivity index (χ2n) is 4.24. The smallest absolute Gasteiger partial charge is 0.312 e. The Morgan fingerprint density at radius 1 is 1.19 bits per heavy atom. The molecule has 116 valence electrons. The van der Waals surface area contributed by atoms with E-state index in [-0.39, 0.29) is 5.95 Å². The van der Waals surface area contributed by atoms with Gasteiger partial charge in [-0.25, -0.2) is 10.6 Å². The lowest BCUT2D eigenvalue weighted by Crippen LogP contribution is -2.38. The zero-order chi connectivity index (χ0) is 15.1. The maximum atomic E-state index is 10.6. The highest BCUT2D eigenvalue weighted by Gasteiger charge is 2.16. The van der Waals surface area contributed by atoms with Crippen LogP contribution in [0.15, 0.2) is 0 Å². The predicted octanol–water partition coefficient (Wildman–Crippen LogP) is -1.93. The van der Waals surface area contributed by atoms with Gasteiger partial charge in [0.05, 0.1) is 13.2 Å². The first-order valence-corrected chi connectivity index (χ1v) is 6.51. The van der Waals surface area contributed by atoms with Gasteiger partial charge in [-0.15, -0.1) is 0 Å². The van der Waals surface area contributed by atoms with E-state index in [2.05, 4.69) is 31.0 Å². The average molecular weight is 297 g/mol. The van der Waals surface area contributed by atoms with E-state index in [9.17, 15) is 4.79 Å². The minimum atomic E-state index is -0.578. The number of morpholine rings is 1. The van der Waals surface area contributed by atoms with Gasteiger partial charge in [0, 0.05) is 26.2 Å². The van der Waals surface area contributed by atoms with E-state index in [1.54, 1.807) is 0 Å². The minimum absolute atomic E-state index is 0.261. The van der Waals surface area contributed by atoms with Crippen molar-refractivity contribution in [3.05, 3.63) is 0 Å². The third-order valence-electron chi connectivity index (χ3n) is 2.75. The first-order valence-electron chi connectivity index (χ1n) is 6.51. The molecular formula is C10H19N9O2. The minimum Gasteiger partial charge on any atom is -0.378 e. The number of nitrogens with one attached hydrogen (secondary N) is 3. The number of nitrogens with zero attached hydrogens (tertiary/aromatic N) is 4. The van der Waals surface area contributed by atoms with Crippen LogP contribution >= 0.6 is 0 Å². The number of amides is 2. The normalized spacial score (nSPS) is 14.6. The highest BCUT2D eigenvalue weighted by Crippen LogP contribution is 2.14. The largest absolute Gasteiger partial charge is 0.378 e. The molecule has 1 aromatic rings. The van der Waals surface area contributed by atoms with Crippen molar-refractivity contribution in [2.45, 2.75) is 0 Å². The number of anilines is 3. The summed E-state index contributed by atoms with van der Waals surface area (Å²) in [5, 5.41) is 5.43. The van der Waals surface area contributed by atoms with Crippen LogP contribution in [-0.4, -0.2) is 60.4 Å². The second-order valence-corrected chi connectivity index (χ2v) is 4.24. The Morgan fingerprint density at radius 2 is 1.90 bits per heavy atom. The Balaban J connectivity index is 2.00. The zero-order valence-corrected chi connectivity index (χ0v) is 11.5. The van der Waals surface area contributed by atoms with Crippen molar-refractivity contribution < 1.29 is 9.53 Å². The number of carbonyl (C=O) groups excluding carboxylic acids is 1. The first-order chi connectivity index (χ1) is 10.2. The Hall–Kier alpha value is -2.40. The third kappa shape index (κ3) is 4.57. The van der Waals surface area contributed by atoms with Gasteiger partial charge in [-0.2, -0.15) is 15.0 Å². The molecule has 7 N–H and O–H groups in total. The average Bonchev–Trinajstić information content (AvgIpc) is 2.52. The molecule has 2 amide bonds. The van der Waals surface area contributed by atoms with E-state index < -0.39 is 6.03 Å². The lowest BCUT2D eigenvalue weighted by molar-refractivity contribution is 0.122. The van der Waals surface area contributed by atoms with Crippen LogP contribution in [-0.2, 0) is 4.74 Å². The van der Waals surface area contributed by atoms with Crippen LogP contribution in [0.1, 0.15) is 0 Å². The SMILES string of the molecule is NNc1nc(NCCNC(N)=O)nc(N2CCOCC2)n1. The molecule has 11 heteroatoms. The van der Waals surface area contributed by atoms with Gasteiger partial charge in [0.25, 0.3) is 0 Å².